The highest BCUT2D eigenvalue weighted by molar-refractivity contribution is 7.99. The number of carbonyl (C=O) groups excluding carboxylic acids is 1. The van der Waals surface area contributed by atoms with Crippen molar-refractivity contribution in [3.63, 3.8) is 0 Å². The molecule has 6 nitrogen and oxygen atoms in total. The second-order valence-electron chi connectivity index (χ2n) is 6.97. The Labute approximate surface area is 156 Å². The molecule has 1 fully saturated rings. The molecule has 140 valence electrons. The third-order valence-electron chi connectivity index (χ3n) is 4.68. The Hall–Kier alpha value is -1.96. The molecule has 1 atom stereocenters. The molecule has 0 spiro atoms. The fourth-order valence-corrected chi connectivity index (χ4v) is 4.06. The van der Waals surface area contributed by atoms with E-state index in [1.54, 1.807) is 12.1 Å². The average Bonchev–Trinajstić information content (AvgIpc) is 3.29. The molecule has 0 radical (unpaired) electrons. The minimum Gasteiger partial charge on any atom is -0.348 e. The summed E-state index contributed by atoms with van der Waals surface area (Å²) in [4.78, 5) is 12.4. The minimum atomic E-state index is -0.281. The van der Waals surface area contributed by atoms with Gasteiger partial charge >= 0.3 is 0 Å². The van der Waals surface area contributed by atoms with Crippen LogP contribution in [0.15, 0.2) is 29.4 Å². The fourth-order valence-electron chi connectivity index (χ4n) is 3.31. The van der Waals surface area contributed by atoms with E-state index in [1.807, 2.05) is 18.5 Å². The van der Waals surface area contributed by atoms with Crippen LogP contribution in [0.4, 0.5) is 4.39 Å². The second kappa shape index (κ2) is 8.62. The number of rotatable bonds is 7. The molecular formula is C18H24FN5OS. The summed E-state index contributed by atoms with van der Waals surface area (Å²) in [5, 5.41) is 15.6. The van der Waals surface area contributed by atoms with Crippen LogP contribution in [0, 0.1) is 11.7 Å². The van der Waals surface area contributed by atoms with Gasteiger partial charge in [0.05, 0.1) is 17.8 Å². The molecule has 8 heteroatoms. The third kappa shape index (κ3) is 4.60. The van der Waals surface area contributed by atoms with Crippen molar-refractivity contribution in [2.45, 2.75) is 56.8 Å². The van der Waals surface area contributed by atoms with Crippen molar-refractivity contribution in [1.29, 1.82) is 0 Å². The van der Waals surface area contributed by atoms with Gasteiger partial charge in [0, 0.05) is 0 Å². The fraction of sp³-hybridized carbons (Fsp3) is 0.556. The van der Waals surface area contributed by atoms with Crippen LogP contribution in [0.1, 0.15) is 57.2 Å². The van der Waals surface area contributed by atoms with E-state index in [0.29, 0.717) is 11.2 Å². The number of carbonyl (C=O) groups is 1. The van der Waals surface area contributed by atoms with Crippen LogP contribution in [-0.2, 0) is 4.79 Å². The van der Waals surface area contributed by atoms with E-state index >= 15 is 0 Å². The number of benzene rings is 1. The summed E-state index contributed by atoms with van der Waals surface area (Å²) in [5.41, 5.74) is 0.899. The van der Waals surface area contributed by atoms with Crippen LogP contribution >= 0.6 is 11.8 Å². The number of tetrazole rings is 1. The van der Waals surface area contributed by atoms with Crippen molar-refractivity contribution >= 4 is 17.7 Å². The first-order valence-corrected chi connectivity index (χ1v) is 9.98. The number of thioether (sulfide) groups is 1. The molecule has 1 amide bonds. The lowest BCUT2D eigenvalue weighted by Gasteiger charge is -2.23. The van der Waals surface area contributed by atoms with Gasteiger partial charge in [0.2, 0.25) is 11.1 Å². The highest BCUT2D eigenvalue weighted by atomic mass is 32.2. The van der Waals surface area contributed by atoms with Gasteiger partial charge in [-0.3, -0.25) is 4.79 Å². The number of halogens is 1. The van der Waals surface area contributed by atoms with Gasteiger partial charge in [-0.15, -0.1) is 5.10 Å². The van der Waals surface area contributed by atoms with Crippen molar-refractivity contribution in [2.75, 3.05) is 5.75 Å². The Bertz CT molecular complexity index is 727. The largest absolute Gasteiger partial charge is 0.348 e. The minimum absolute atomic E-state index is 0.0843. The molecule has 3 rings (SSSR count). The zero-order valence-electron chi connectivity index (χ0n) is 15.1. The molecule has 1 unspecified atom stereocenters. The molecular weight excluding hydrogens is 353 g/mol. The summed E-state index contributed by atoms with van der Waals surface area (Å²) in [6.07, 6.45) is 4.57. The summed E-state index contributed by atoms with van der Waals surface area (Å²) >= 11 is 1.35. The number of amides is 1. The molecule has 2 aromatic rings. The van der Waals surface area contributed by atoms with Crippen molar-refractivity contribution in [1.82, 2.24) is 25.5 Å². The van der Waals surface area contributed by atoms with E-state index in [4.69, 9.17) is 0 Å². The Balaban J connectivity index is 1.59. The Morgan fingerprint density at radius 2 is 2.00 bits per heavy atom. The van der Waals surface area contributed by atoms with Gasteiger partial charge in [-0.25, -0.2) is 9.07 Å². The maximum Gasteiger partial charge on any atom is 0.230 e. The molecule has 1 aliphatic carbocycles. The van der Waals surface area contributed by atoms with Crippen LogP contribution in [0.2, 0.25) is 0 Å². The zero-order chi connectivity index (χ0) is 18.5. The van der Waals surface area contributed by atoms with E-state index in [-0.39, 0.29) is 29.4 Å². The maximum atomic E-state index is 13.1. The molecule has 0 saturated heterocycles. The first-order valence-electron chi connectivity index (χ1n) is 9.00. The molecule has 0 bridgehead atoms. The number of hydrogen-bond donors (Lipinski definition) is 1. The lowest BCUT2D eigenvalue weighted by atomic mass is 9.96. The topological polar surface area (TPSA) is 72.7 Å². The first kappa shape index (κ1) is 18.8. The molecule has 1 saturated carbocycles. The van der Waals surface area contributed by atoms with Crippen molar-refractivity contribution in [3.05, 3.63) is 35.6 Å². The summed E-state index contributed by atoms with van der Waals surface area (Å²) in [6, 6.07) is 6.46. The first-order chi connectivity index (χ1) is 12.5. The van der Waals surface area contributed by atoms with Gasteiger partial charge in [0.15, 0.2) is 0 Å². The Kier molecular flexibility index (Phi) is 6.24. The average molecular weight is 377 g/mol. The molecule has 0 aliphatic heterocycles. The third-order valence-corrected chi connectivity index (χ3v) is 5.61. The Morgan fingerprint density at radius 3 is 2.65 bits per heavy atom. The smallest absolute Gasteiger partial charge is 0.230 e. The molecule has 1 heterocycles. The van der Waals surface area contributed by atoms with Crippen LogP contribution in [0.3, 0.4) is 0 Å². The lowest BCUT2D eigenvalue weighted by molar-refractivity contribution is -0.119. The number of nitrogens with one attached hydrogen (secondary N) is 1. The summed E-state index contributed by atoms with van der Waals surface area (Å²) in [7, 11) is 0. The highest BCUT2D eigenvalue weighted by Crippen LogP contribution is 2.31. The van der Waals surface area contributed by atoms with Crippen LogP contribution in [-0.4, -0.2) is 31.9 Å². The lowest BCUT2D eigenvalue weighted by Crippen LogP contribution is -2.33. The highest BCUT2D eigenvalue weighted by Gasteiger charge is 2.23. The van der Waals surface area contributed by atoms with Gasteiger partial charge in [-0.1, -0.05) is 50.6 Å². The van der Waals surface area contributed by atoms with E-state index in [1.165, 1.54) is 36.7 Å². The predicted molar refractivity (Wildman–Crippen MR) is 98.2 cm³/mol. The number of hydrogen-bond acceptors (Lipinski definition) is 5. The van der Waals surface area contributed by atoms with Crippen molar-refractivity contribution in [2.24, 2.45) is 5.92 Å². The van der Waals surface area contributed by atoms with Crippen molar-refractivity contribution < 1.29 is 9.18 Å². The summed E-state index contributed by atoms with van der Waals surface area (Å²) in [6.45, 7) is 4.06. The van der Waals surface area contributed by atoms with E-state index in [0.717, 1.165) is 18.4 Å². The Morgan fingerprint density at radius 1 is 1.31 bits per heavy atom. The van der Waals surface area contributed by atoms with E-state index in [2.05, 4.69) is 20.8 Å². The monoisotopic (exact) mass is 377 g/mol. The van der Waals surface area contributed by atoms with Gasteiger partial charge in [0.25, 0.3) is 0 Å². The van der Waals surface area contributed by atoms with Crippen LogP contribution in [0.25, 0.3) is 0 Å². The summed E-state index contributed by atoms with van der Waals surface area (Å²) in [5.74, 6) is 0.0754. The van der Waals surface area contributed by atoms with Crippen LogP contribution < -0.4 is 5.32 Å². The molecule has 1 aromatic carbocycles. The van der Waals surface area contributed by atoms with Gasteiger partial charge in [-0.2, -0.15) is 0 Å². The van der Waals surface area contributed by atoms with Crippen LogP contribution in [0.5, 0.6) is 0 Å². The SMILES string of the molecule is CC(C)C(NC(=O)CSc1nnnn1C1CCCC1)c1ccc(F)cc1. The maximum absolute atomic E-state index is 13.1. The van der Waals surface area contributed by atoms with Gasteiger partial charge in [-0.05, 0) is 46.9 Å². The number of nitrogens with zero attached hydrogens (tertiary/aromatic N) is 4. The van der Waals surface area contributed by atoms with E-state index < -0.39 is 0 Å². The molecule has 1 aliphatic rings. The van der Waals surface area contributed by atoms with E-state index in [9.17, 15) is 9.18 Å². The van der Waals surface area contributed by atoms with Gasteiger partial charge < -0.3 is 5.32 Å². The number of aromatic nitrogens is 4. The standard InChI is InChI=1S/C18H24FN5OS/c1-12(2)17(13-7-9-14(19)10-8-13)20-16(25)11-26-18-21-22-23-24(18)15-5-3-4-6-15/h7-10,12,15,17H,3-6,11H2,1-2H3,(H,20,25). The predicted octanol–water partition coefficient (Wildman–Crippen LogP) is 3.53. The van der Waals surface area contributed by atoms with Gasteiger partial charge in [0.1, 0.15) is 5.82 Å². The second-order valence-corrected chi connectivity index (χ2v) is 7.92. The normalized spacial score (nSPS) is 16.2. The molecule has 26 heavy (non-hydrogen) atoms. The van der Waals surface area contributed by atoms with Crippen molar-refractivity contribution in [3.8, 4) is 0 Å². The molecule has 1 N–H and O–H groups in total. The molecule has 1 aromatic heterocycles. The zero-order valence-corrected chi connectivity index (χ0v) is 15.9. The summed E-state index contributed by atoms with van der Waals surface area (Å²) < 4.78 is 15.0. The quantitative estimate of drug-likeness (QED) is 0.747.